The van der Waals surface area contributed by atoms with Crippen LogP contribution in [0.25, 0.3) is 16.5 Å². The van der Waals surface area contributed by atoms with Crippen LogP contribution in [-0.4, -0.2) is 23.2 Å². The van der Waals surface area contributed by atoms with Gasteiger partial charge in [0.1, 0.15) is 0 Å². The highest BCUT2D eigenvalue weighted by molar-refractivity contribution is 6.32. The number of nitrogens with zero attached hydrogens (tertiary/aromatic N) is 2. The van der Waals surface area contributed by atoms with E-state index in [0.717, 1.165) is 39.1 Å². The summed E-state index contributed by atoms with van der Waals surface area (Å²) in [4.78, 5) is 12.3. The summed E-state index contributed by atoms with van der Waals surface area (Å²) in [6.07, 6.45) is 1.66. The average Bonchev–Trinajstić information content (AvgIpc) is 3.05. The highest BCUT2D eigenvalue weighted by atomic mass is 35.5. The van der Waals surface area contributed by atoms with E-state index in [0.29, 0.717) is 5.02 Å². The van der Waals surface area contributed by atoms with Gasteiger partial charge in [0.25, 0.3) is 5.91 Å². The molecule has 1 heterocycles. The number of hydrazone groups is 1. The number of carbonyl (C=O) groups excluding carboxylic acids is 1. The van der Waals surface area contributed by atoms with Crippen LogP contribution < -0.4 is 10.7 Å². The molecule has 1 aromatic heterocycles. The van der Waals surface area contributed by atoms with Crippen molar-refractivity contribution in [3.05, 3.63) is 94.8 Å². The number of halogens is 1. The second kappa shape index (κ2) is 9.06. The summed E-state index contributed by atoms with van der Waals surface area (Å²) in [5.74, 6) is -0.218. The number of anilines is 1. The average molecular weight is 431 g/mol. The van der Waals surface area contributed by atoms with E-state index in [2.05, 4.69) is 20.4 Å². The van der Waals surface area contributed by atoms with Gasteiger partial charge in [0.2, 0.25) is 0 Å². The molecule has 0 radical (unpaired) electrons. The van der Waals surface area contributed by atoms with Crippen LogP contribution in [0.4, 0.5) is 5.69 Å². The van der Waals surface area contributed by atoms with E-state index >= 15 is 0 Å². The Bertz CT molecular complexity index is 1270. The van der Waals surface area contributed by atoms with Crippen molar-refractivity contribution in [2.45, 2.75) is 13.8 Å². The summed E-state index contributed by atoms with van der Waals surface area (Å²) in [6.45, 7) is 4.14. The Hall–Kier alpha value is -3.57. The number of amides is 1. The maximum Gasteiger partial charge on any atom is 0.259 e. The molecule has 0 aliphatic carbocycles. The molecule has 4 aromatic rings. The van der Waals surface area contributed by atoms with Gasteiger partial charge in [0.05, 0.1) is 23.5 Å². The first-order valence-electron chi connectivity index (χ1n) is 10.0. The fourth-order valence-electron chi connectivity index (χ4n) is 3.69. The molecule has 3 aromatic carbocycles. The molecule has 0 spiro atoms. The lowest BCUT2D eigenvalue weighted by atomic mass is 10.1. The zero-order chi connectivity index (χ0) is 21.8. The lowest BCUT2D eigenvalue weighted by molar-refractivity contribution is -0.119. The highest BCUT2D eigenvalue weighted by Crippen LogP contribution is 2.26. The molecule has 4 rings (SSSR count). The van der Waals surface area contributed by atoms with Gasteiger partial charge in [0, 0.05) is 28.0 Å². The van der Waals surface area contributed by atoms with Crippen LogP contribution >= 0.6 is 11.6 Å². The summed E-state index contributed by atoms with van der Waals surface area (Å²) in [7, 11) is 0. The van der Waals surface area contributed by atoms with E-state index in [4.69, 9.17) is 11.6 Å². The quantitative estimate of drug-likeness (QED) is 0.315. The molecule has 6 heteroatoms. The first-order chi connectivity index (χ1) is 15.0. The Balaban J connectivity index is 1.41. The Kier molecular flexibility index (Phi) is 6.05. The molecular formula is C25H23ClN4O. The van der Waals surface area contributed by atoms with Crippen LogP contribution in [0.5, 0.6) is 0 Å². The van der Waals surface area contributed by atoms with E-state index in [1.807, 2.05) is 86.6 Å². The Morgan fingerprint density at radius 3 is 2.61 bits per heavy atom. The van der Waals surface area contributed by atoms with Gasteiger partial charge in [0.15, 0.2) is 0 Å². The van der Waals surface area contributed by atoms with E-state index in [-0.39, 0.29) is 12.5 Å². The van der Waals surface area contributed by atoms with Gasteiger partial charge >= 0.3 is 0 Å². The van der Waals surface area contributed by atoms with Crippen molar-refractivity contribution in [2.24, 2.45) is 5.10 Å². The van der Waals surface area contributed by atoms with Crippen molar-refractivity contribution >= 4 is 40.2 Å². The van der Waals surface area contributed by atoms with Crippen LogP contribution in [0, 0.1) is 13.8 Å². The molecule has 156 valence electrons. The van der Waals surface area contributed by atoms with E-state index in [1.165, 1.54) is 0 Å². The second-order valence-corrected chi connectivity index (χ2v) is 7.69. The van der Waals surface area contributed by atoms with Gasteiger partial charge in [-0.25, -0.2) is 5.43 Å². The number of fused-ring (bicyclic) bond motifs is 1. The number of para-hydroxylation sites is 1. The summed E-state index contributed by atoms with van der Waals surface area (Å²) >= 11 is 6.36. The van der Waals surface area contributed by atoms with E-state index in [1.54, 1.807) is 6.21 Å². The minimum Gasteiger partial charge on any atom is -0.376 e. The second-order valence-electron chi connectivity index (χ2n) is 7.29. The van der Waals surface area contributed by atoms with Crippen molar-refractivity contribution in [3.63, 3.8) is 0 Å². The van der Waals surface area contributed by atoms with Gasteiger partial charge in [-0.3, -0.25) is 4.79 Å². The van der Waals surface area contributed by atoms with Gasteiger partial charge in [-0.15, -0.1) is 0 Å². The molecule has 0 saturated heterocycles. The lowest BCUT2D eigenvalue weighted by Crippen LogP contribution is -2.25. The minimum absolute atomic E-state index is 0.129. The number of aryl methyl sites for hydroxylation is 1. The summed E-state index contributed by atoms with van der Waals surface area (Å²) < 4.78 is 2.08. The molecule has 0 saturated carbocycles. The predicted molar refractivity (Wildman–Crippen MR) is 128 cm³/mol. The monoisotopic (exact) mass is 430 g/mol. The predicted octanol–water partition coefficient (Wildman–Crippen LogP) is 5.46. The molecule has 0 aliphatic heterocycles. The number of nitrogens with one attached hydrogen (secondary N) is 2. The third kappa shape index (κ3) is 4.47. The number of rotatable bonds is 6. The number of hydrogen-bond acceptors (Lipinski definition) is 3. The largest absolute Gasteiger partial charge is 0.376 e. The third-order valence-corrected chi connectivity index (χ3v) is 5.51. The Morgan fingerprint density at radius 2 is 1.77 bits per heavy atom. The Morgan fingerprint density at radius 1 is 1.03 bits per heavy atom. The van der Waals surface area contributed by atoms with Gasteiger partial charge in [-0.2, -0.15) is 5.10 Å². The highest BCUT2D eigenvalue weighted by Gasteiger charge is 2.11. The van der Waals surface area contributed by atoms with E-state index in [9.17, 15) is 4.79 Å². The standard InChI is InChI=1S/C25H23ClN4O/c1-17-14-20(18(2)30(17)24-13-6-5-11-22(24)26)15-28-29-25(31)16-27-23-12-7-9-19-8-3-4-10-21(19)23/h3-15,27H,16H2,1-2H3,(H,29,31)/b28-15-. The maximum absolute atomic E-state index is 12.3. The van der Waals surface area contributed by atoms with Gasteiger partial charge < -0.3 is 9.88 Å². The van der Waals surface area contributed by atoms with Gasteiger partial charge in [-0.1, -0.05) is 60.1 Å². The van der Waals surface area contributed by atoms with Crippen LogP contribution in [-0.2, 0) is 4.79 Å². The number of aromatic nitrogens is 1. The molecule has 2 N–H and O–H groups in total. The molecule has 0 unspecified atom stereocenters. The number of benzene rings is 3. The molecule has 0 fully saturated rings. The summed E-state index contributed by atoms with van der Waals surface area (Å²) in [5.41, 5.74) is 7.38. The van der Waals surface area contributed by atoms with Crippen molar-refractivity contribution in [2.75, 3.05) is 11.9 Å². The smallest absolute Gasteiger partial charge is 0.259 e. The van der Waals surface area contributed by atoms with Crippen LogP contribution in [0.15, 0.2) is 77.9 Å². The first kappa shape index (κ1) is 20.7. The fourth-order valence-corrected chi connectivity index (χ4v) is 3.91. The lowest BCUT2D eigenvalue weighted by Gasteiger charge is -2.11. The molecule has 0 aliphatic rings. The van der Waals surface area contributed by atoms with Crippen molar-refractivity contribution in [3.8, 4) is 5.69 Å². The van der Waals surface area contributed by atoms with Crippen LogP contribution in [0.3, 0.4) is 0 Å². The molecule has 31 heavy (non-hydrogen) atoms. The molecule has 0 bridgehead atoms. The SMILES string of the molecule is Cc1cc(/C=N\NC(=O)CNc2cccc3ccccc23)c(C)n1-c1ccccc1Cl. The zero-order valence-corrected chi connectivity index (χ0v) is 18.1. The Labute approximate surface area is 186 Å². The van der Waals surface area contributed by atoms with Crippen molar-refractivity contribution < 1.29 is 4.79 Å². The van der Waals surface area contributed by atoms with Gasteiger partial charge in [-0.05, 0) is 43.5 Å². The molecule has 1 amide bonds. The van der Waals surface area contributed by atoms with Crippen molar-refractivity contribution in [1.82, 2.24) is 9.99 Å². The normalized spacial score (nSPS) is 11.2. The minimum atomic E-state index is -0.218. The van der Waals surface area contributed by atoms with Crippen molar-refractivity contribution in [1.29, 1.82) is 0 Å². The topological polar surface area (TPSA) is 58.4 Å². The molecule has 5 nitrogen and oxygen atoms in total. The number of carbonyl (C=O) groups is 1. The fraction of sp³-hybridized carbons (Fsp3) is 0.120. The molecule has 0 atom stereocenters. The number of hydrogen-bond donors (Lipinski definition) is 2. The third-order valence-electron chi connectivity index (χ3n) is 5.19. The zero-order valence-electron chi connectivity index (χ0n) is 17.4. The van der Waals surface area contributed by atoms with Crippen LogP contribution in [0.1, 0.15) is 17.0 Å². The molecular weight excluding hydrogens is 408 g/mol. The summed E-state index contributed by atoms with van der Waals surface area (Å²) in [6, 6.07) is 23.8. The van der Waals surface area contributed by atoms with Crippen LogP contribution in [0.2, 0.25) is 5.02 Å². The van der Waals surface area contributed by atoms with E-state index < -0.39 is 0 Å². The summed E-state index contributed by atoms with van der Waals surface area (Å²) in [5, 5.41) is 10.2. The maximum atomic E-state index is 12.3. The first-order valence-corrected chi connectivity index (χ1v) is 10.4.